The summed E-state index contributed by atoms with van der Waals surface area (Å²) < 4.78 is 12.4. The fourth-order valence-electron chi connectivity index (χ4n) is 3.73. The van der Waals surface area contributed by atoms with Gasteiger partial charge in [-0.25, -0.2) is 0 Å². The number of unbranched alkanes of at least 4 members (excludes halogenated alkanes) is 5. The van der Waals surface area contributed by atoms with Gasteiger partial charge in [0.15, 0.2) is 8.32 Å². The van der Waals surface area contributed by atoms with Gasteiger partial charge in [-0.2, -0.15) is 0 Å². The number of esters is 1. The average Bonchev–Trinajstić information content (AvgIpc) is 3.07. The van der Waals surface area contributed by atoms with Crippen LogP contribution in [0.1, 0.15) is 86.0 Å². The van der Waals surface area contributed by atoms with Crippen LogP contribution in [0.2, 0.25) is 18.1 Å². The maximum Gasteiger partial charge on any atom is 0.316 e. The normalized spacial score (nSPS) is 22.9. The summed E-state index contributed by atoms with van der Waals surface area (Å²) in [5, 5.41) is 0.403. The summed E-state index contributed by atoms with van der Waals surface area (Å²) in [6.45, 7) is 15.8. The topological polar surface area (TPSA) is 35.5 Å². The van der Waals surface area contributed by atoms with Crippen LogP contribution in [0.3, 0.4) is 0 Å². The van der Waals surface area contributed by atoms with Crippen LogP contribution in [-0.2, 0) is 14.0 Å². The second-order valence-corrected chi connectivity index (χ2v) is 16.0. The van der Waals surface area contributed by atoms with Gasteiger partial charge in [-0.1, -0.05) is 105 Å². The summed E-state index contributed by atoms with van der Waals surface area (Å²) in [5.74, 6) is -0.00539. The van der Waals surface area contributed by atoms with Crippen molar-refractivity contribution in [2.45, 2.75) is 116 Å². The third kappa shape index (κ3) is 11.0. The van der Waals surface area contributed by atoms with Crippen LogP contribution in [0, 0.1) is 5.92 Å². The predicted molar refractivity (Wildman–Crippen MR) is 144 cm³/mol. The maximum absolute atomic E-state index is 11.9. The number of hydrogen-bond acceptors (Lipinski definition) is 3. The standard InChI is InChI=1S/C27H47BrO3Si/c1-8-9-10-11-12-13-14-15-16-22(2)17-18-23-19-24(20-25(23)30-26(29)21-28)31-32(6,7)27(3,4)5/h14-18,23-25H,8-13,19-21H2,1-7H3/b15-14+,18-17+,22-16+/t23-,24+,25-/m0/s1. The highest BCUT2D eigenvalue weighted by atomic mass is 79.9. The van der Waals surface area contributed by atoms with Crippen molar-refractivity contribution in [3.8, 4) is 0 Å². The Morgan fingerprint density at radius 1 is 1.12 bits per heavy atom. The third-order valence-electron chi connectivity index (χ3n) is 6.74. The summed E-state index contributed by atoms with van der Waals surface area (Å²) in [7, 11) is -1.85. The molecule has 0 N–H and O–H groups in total. The molecule has 0 radical (unpaired) electrons. The van der Waals surface area contributed by atoms with Crippen molar-refractivity contribution < 1.29 is 14.0 Å². The van der Waals surface area contributed by atoms with Gasteiger partial charge in [-0.15, -0.1) is 0 Å². The molecule has 0 aliphatic heterocycles. The minimum absolute atomic E-state index is 0.113. The first-order chi connectivity index (χ1) is 15.0. The van der Waals surface area contributed by atoms with Crippen LogP contribution in [0.4, 0.5) is 0 Å². The molecule has 1 aliphatic carbocycles. The van der Waals surface area contributed by atoms with Gasteiger partial charge in [0.05, 0.1) is 0 Å². The number of allylic oxidation sites excluding steroid dienone is 5. The Bertz CT molecular complexity index is 646. The van der Waals surface area contributed by atoms with Crippen molar-refractivity contribution in [1.82, 2.24) is 0 Å². The molecule has 0 heterocycles. The van der Waals surface area contributed by atoms with Crippen molar-refractivity contribution in [1.29, 1.82) is 0 Å². The van der Waals surface area contributed by atoms with Gasteiger partial charge in [0.2, 0.25) is 0 Å². The summed E-state index contributed by atoms with van der Waals surface area (Å²) in [6.07, 6.45) is 20.5. The predicted octanol–water partition coefficient (Wildman–Crippen LogP) is 8.51. The van der Waals surface area contributed by atoms with Gasteiger partial charge in [0.1, 0.15) is 11.4 Å². The zero-order valence-corrected chi connectivity index (χ0v) is 24.2. The molecule has 1 rings (SSSR count). The van der Waals surface area contributed by atoms with Crippen LogP contribution in [-0.4, -0.2) is 31.8 Å². The molecule has 3 atom stereocenters. The lowest BCUT2D eigenvalue weighted by atomic mass is 10.0. The molecule has 3 nitrogen and oxygen atoms in total. The molecule has 0 spiro atoms. The summed E-state index contributed by atoms with van der Waals surface area (Å²) in [4.78, 5) is 11.9. The number of ether oxygens (including phenoxy) is 1. The van der Waals surface area contributed by atoms with E-state index < -0.39 is 8.32 Å². The van der Waals surface area contributed by atoms with E-state index in [1.807, 2.05) is 0 Å². The first kappa shape index (κ1) is 29.4. The zero-order valence-electron chi connectivity index (χ0n) is 21.6. The minimum atomic E-state index is -1.85. The molecule has 0 unspecified atom stereocenters. The summed E-state index contributed by atoms with van der Waals surface area (Å²) in [6, 6.07) is 0. The highest BCUT2D eigenvalue weighted by Crippen LogP contribution is 2.41. The van der Waals surface area contributed by atoms with Crippen LogP contribution in [0.5, 0.6) is 0 Å². The molecule has 1 saturated carbocycles. The Morgan fingerprint density at radius 2 is 1.81 bits per heavy atom. The smallest absolute Gasteiger partial charge is 0.316 e. The lowest BCUT2D eigenvalue weighted by Crippen LogP contribution is -2.43. The first-order valence-corrected chi connectivity index (χ1v) is 16.5. The number of halogens is 1. The second-order valence-electron chi connectivity index (χ2n) is 10.7. The van der Waals surface area contributed by atoms with E-state index in [4.69, 9.17) is 9.16 Å². The summed E-state index contributed by atoms with van der Waals surface area (Å²) in [5.41, 5.74) is 1.21. The fraction of sp³-hybridized carbons (Fsp3) is 0.741. The Balaban J connectivity index is 2.68. The zero-order chi connectivity index (χ0) is 24.2. The lowest BCUT2D eigenvalue weighted by molar-refractivity contribution is -0.146. The van der Waals surface area contributed by atoms with Crippen LogP contribution in [0.25, 0.3) is 0 Å². The Morgan fingerprint density at radius 3 is 2.44 bits per heavy atom. The molecular weight excluding hydrogens is 480 g/mol. The average molecular weight is 528 g/mol. The van der Waals surface area contributed by atoms with Crippen LogP contribution >= 0.6 is 15.9 Å². The third-order valence-corrected chi connectivity index (χ3v) is 11.7. The van der Waals surface area contributed by atoms with Gasteiger partial charge in [-0.05, 0) is 44.3 Å². The number of rotatable bonds is 13. The Kier molecular flexibility index (Phi) is 13.4. The molecule has 184 valence electrons. The monoisotopic (exact) mass is 526 g/mol. The molecule has 0 amide bonds. The molecule has 0 bridgehead atoms. The molecule has 0 saturated heterocycles. The molecule has 0 aromatic carbocycles. The van der Waals surface area contributed by atoms with E-state index in [2.05, 4.69) is 94.0 Å². The first-order valence-electron chi connectivity index (χ1n) is 12.4. The number of alkyl halides is 1. The molecule has 32 heavy (non-hydrogen) atoms. The van der Waals surface area contributed by atoms with E-state index in [9.17, 15) is 4.79 Å². The van der Waals surface area contributed by atoms with E-state index in [1.165, 1.54) is 37.7 Å². The van der Waals surface area contributed by atoms with Gasteiger partial charge in [-0.3, -0.25) is 4.79 Å². The highest BCUT2D eigenvalue weighted by molar-refractivity contribution is 9.09. The van der Waals surface area contributed by atoms with E-state index >= 15 is 0 Å². The van der Waals surface area contributed by atoms with E-state index in [-0.39, 0.29) is 34.5 Å². The molecule has 5 heteroatoms. The van der Waals surface area contributed by atoms with Crippen LogP contribution < -0.4 is 0 Å². The van der Waals surface area contributed by atoms with Crippen LogP contribution in [0.15, 0.2) is 36.0 Å². The van der Waals surface area contributed by atoms with Crippen molar-refractivity contribution in [2.75, 3.05) is 5.33 Å². The quantitative estimate of drug-likeness (QED) is 0.0792. The SMILES string of the molecule is CCCCCCC/C=C/C=C(C)/C=C/[C@H]1C[C@@H](O[Si](C)(C)C(C)(C)C)C[C@@H]1OC(=O)CBr. The van der Waals surface area contributed by atoms with E-state index in [0.717, 1.165) is 19.3 Å². The fourth-order valence-corrected chi connectivity index (χ4v) is 5.24. The minimum Gasteiger partial charge on any atom is -0.461 e. The number of carbonyl (C=O) groups excluding carboxylic acids is 1. The molecule has 0 aromatic heterocycles. The Hall–Kier alpha value is -0.653. The molecule has 0 aromatic rings. The molecule has 1 aliphatic rings. The molecule has 1 fully saturated rings. The Labute approximate surface area is 207 Å². The highest BCUT2D eigenvalue weighted by Gasteiger charge is 2.43. The second kappa shape index (κ2) is 14.6. The van der Waals surface area contributed by atoms with Gasteiger partial charge in [0, 0.05) is 18.4 Å². The van der Waals surface area contributed by atoms with Crippen molar-refractivity contribution in [3.05, 3.63) is 36.0 Å². The molecular formula is C27H47BrO3Si. The van der Waals surface area contributed by atoms with E-state index in [0.29, 0.717) is 0 Å². The number of carbonyl (C=O) groups is 1. The summed E-state index contributed by atoms with van der Waals surface area (Å²) >= 11 is 3.22. The van der Waals surface area contributed by atoms with Gasteiger partial charge < -0.3 is 9.16 Å². The largest absolute Gasteiger partial charge is 0.461 e. The lowest BCUT2D eigenvalue weighted by Gasteiger charge is -2.38. The van der Waals surface area contributed by atoms with E-state index in [1.54, 1.807) is 0 Å². The van der Waals surface area contributed by atoms with Gasteiger partial charge >= 0.3 is 5.97 Å². The van der Waals surface area contributed by atoms with Gasteiger partial charge in [0.25, 0.3) is 0 Å². The van der Waals surface area contributed by atoms with Crippen molar-refractivity contribution in [2.24, 2.45) is 5.92 Å². The maximum atomic E-state index is 11.9. The number of hydrogen-bond donors (Lipinski definition) is 0. The van der Waals surface area contributed by atoms with Crippen molar-refractivity contribution >= 4 is 30.2 Å². The van der Waals surface area contributed by atoms with Crippen molar-refractivity contribution in [3.63, 3.8) is 0 Å².